The summed E-state index contributed by atoms with van der Waals surface area (Å²) in [4.78, 5) is 3.57. The van der Waals surface area contributed by atoms with Crippen molar-refractivity contribution >= 4 is 0 Å². The number of aliphatic hydroxyl groups is 12. The van der Waals surface area contributed by atoms with Gasteiger partial charge in [0.2, 0.25) is 0 Å². The number of allylic oxidation sites excluding steroid dienone is 1. The smallest absolute Gasteiger partial charge is 0.187 e. The van der Waals surface area contributed by atoms with Gasteiger partial charge in [-0.3, -0.25) is 0 Å². The molecule has 68 heavy (non-hydrogen) atoms. The first-order valence-corrected chi connectivity index (χ1v) is 24.7. The zero-order chi connectivity index (χ0) is 50.2. The molecule has 25 atom stereocenters. The van der Waals surface area contributed by atoms with Crippen molar-refractivity contribution in [1.82, 2.24) is 0 Å². The minimum atomic E-state index is -1.93. The van der Waals surface area contributed by atoms with E-state index >= 15 is 0 Å². The highest BCUT2D eigenvalue weighted by Crippen LogP contribution is 2.75. The van der Waals surface area contributed by atoms with Crippen molar-refractivity contribution in [1.29, 1.82) is 0 Å². The highest BCUT2D eigenvalue weighted by atomic mass is 19.3. The summed E-state index contributed by atoms with van der Waals surface area (Å²) in [5.74, 6) is 0.632. The van der Waals surface area contributed by atoms with Crippen molar-refractivity contribution in [3.8, 4) is 0 Å². The van der Waals surface area contributed by atoms with E-state index in [9.17, 15) is 65.8 Å². The first-order chi connectivity index (χ1) is 31.7. The normalized spacial score (nSPS) is 50.4. The van der Waals surface area contributed by atoms with E-state index in [0.29, 0.717) is 19.3 Å². The molecule has 4 aliphatic carbocycles. The van der Waals surface area contributed by atoms with Crippen LogP contribution in [0.25, 0.3) is 0 Å². The fourth-order valence-corrected chi connectivity index (χ4v) is 14.1. The van der Waals surface area contributed by atoms with Crippen molar-refractivity contribution in [2.45, 2.75) is 223 Å². The molecule has 0 aromatic heterocycles. The third kappa shape index (κ3) is 9.40. The van der Waals surface area contributed by atoms with E-state index in [1.165, 1.54) is 19.4 Å². The van der Waals surface area contributed by atoms with E-state index in [0.717, 1.165) is 25.7 Å². The molecule has 3 heterocycles. The van der Waals surface area contributed by atoms with Crippen LogP contribution in [0.4, 0.5) is 4.53 Å². The predicted octanol–water partition coefficient (Wildman–Crippen LogP) is -0.147. The van der Waals surface area contributed by atoms with E-state index in [1.54, 1.807) is 0 Å². The van der Waals surface area contributed by atoms with Crippen LogP contribution in [-0.4, -0.2) is 197 Å². The second-order valence-electron chi connectivity index (χ2n) is 23.2. The lowest BCUT2D eigenvalue weighted by Gasteiger charge is -2.67. The van der Waals surface area contributed by atoms with Gasteiger partial charge in [-0.2, -0.15) is 4.94 Å². The van der Waals surface area contributed by atoms with Gasteiger partial charge in [-0.15, -0.1) is 0 Å². The van der Waals surface area contributed by atoms with Gasteiger partial charge in [-0.05, 0) is 104 Å². The minimum Gasteiger partial charge on any atom is -0.394 e. The van der Waals surface area contributed by atoms with Gasteiger partial charge in [0.25, 0.3) is 0 Å². The van der Waals surface area contributed by atoms with Crippen LogP contribution in [0.15, 0.2) is 11.6 Å². The molecule has 0 aromatic carbocycles. The maximum Gasteiger partial charge on any atom is 0.187 e. The Morgan fingerprint density at radius 3 is 1.93 bits per heavy atom. The molecule has 394 valence electrons. The molecule has 25 unspecified atom stereocenters. The SMILES string of the molecule is CC(CCC(OC1OC(COC2OC(COF)C(O)C(O)C2O)C(O)C(O)C1OC1OC(CO)C(O)C(O)C1O)C(C)(C)O)C1CCC2(C)C3CC=C4C(CCC(O)C4(C)C)C3(C)C(O)CC12C. The Hall–Kier alpha value is -1.09. The van der Waals surface area contributed by atoms with Gasteiger partial charge in [0.05, 0.1) is 37.1 Å². The molecule has 6 fully saturated rings. The van der Waals surface area contributed by atoms with Crippen LogP contribution in [0.1, 0.15) is 107 Å². The minimum absolute atomic E-state index is 0.0645. The molecular formula is C48H81FO19. The molecule has 0 radical (unpaired) electrons. The Morgan fingerprint density at radius 1 is 0.706 bits per heavy atom. The maximum atomic E-state index is 12.8. The summed E-state index contributed by atoms with van der Waals surface area (Å²) in [5.41, 5.74) is -1.38. The summed E-state index contributed by atoms with van der Waals surface area (Å²) in [5, 5.41) is 131. The Bertz CT molecular complexity index is 1730. The van der Waals surface area contributed by atoms with E-state index in [2.05, 4.69) is 52.6 Å². The third-order valence-electron chi connectivity index (χ3n) is 18.7. The van der Waals surface area contributed by atoms with Gasteiger partial charge in [-0.1, -0.05) is 53.2 Å². The summed E-state index contributed by atoms with van der Waals surface area (Å²) in [6.45, 7) is 14.2. The molecule has 3 saturated carbocycles. The van der Waals surface area contributed by atoms with Crippen LogP contribution in [0.2, 0.25) is 0 Å². The summed E-state index contributed by atoms with van der Waals surface area (Å²) >= 11 is 0. The number of hydrogen-bond donors (Lipinski definition) is 12. The van der Waals surface area contributed by atoms with Crippen LogP contribution >= 0.6 is 0 Å². The molecule has 7 rings (SSSR count). The standard InChI is InChI=1S/C48H81FO19/c1-21(22-15-16-46(6)28-12-10-23-24(11-13-29(51)44(23,2)3)48(28,8)30(52)17-47(22,46)7)9-14-31(45(4,5)61)67-43-40(68-42-39(60)35(56)32(53)25(18-50)64-42)37(58)34(55)26(66-43)19-62-41-38(59)36(57)33(54)27(65-41)20-63-49/h10,21-22,24-43,50-61H,9,11-20H2,1-8H3. The zero-order valence-electron chi connectivity index (χ0n) is 40.7. The Labute approximate surface area is 398 Å². The Morgan fingerprint density at radius 2 is 1.29 bits per heavy atom. The van der Waals surface area contributed by atoms with Crippen molar-refractivity contribution < 1.29 is 99.2 Å². The van der Waals surface area contributed by atoms with E-state index in [-0.39, 0.29) is 51.8 Å². The van der Waals surface area contributed by atoms with Gasteiger partial charge in [0.1, 0.15) is 79.9 Å². The molecule has 12 N–H and O–H groups in total. The van der Waals surface area contributed by atoms with Gasteiger partial charge < -0.3 is 89.7 Å². The highest BCUT2D eigenvalue weighted by Gasteiger charge is 2.70. The van der Waals surface area contributed by atoms with E-state index < -0.39 is 136 Å². The average molecular weight is 981 g/mol. The lowest BCUT2D eigenvalue weighted by Crippen LogP contribution is -2.65. The summed E-state index contributed by atoms with van der Waals surface area (Å²) < 4.78 is 48.1. The number of ether oxygens (including phenoxy) is 6. The fraction of sp³-hybridized carbons (Fsp3) is 0.958. The largest absolute Gasteiger partial charge is 0.394 e. The highest BCUT2D eigenvalue weighted by molar-refractivity contribution is 5.31. The van der Waals surface area contributed by atoms with Gasteiger partial charge >= 0.3 is 0 Å². The maximum absolute atomic E-state index is 12.8. The number of halogens is 1. The van der Waals surface area contributed by atoms with Crippen LogP contribution in [0.3, 0.4) is 0 Å². The zero-order valence-corrected chi connectivity index (χ0v) is 40.7. The topological polar surface area (TPSA) is 307 Å². The molecule has 0 bridgehead atoms. The molecule has 0 amide bonds. The first kappa shape index (κ1) is 54.7. The lowest BCUT2D eigenvalue weighted by molar-refractivity contribution is -0.380. The van der Waals surface area contributed by atoms with E-state index in [1.807, 2.05) is 0 Å². The lowest BCUT2D eigenvalue weighted by atomic mass is 9.38. The van der Waals surface area contributed by atoms with Crippen LogP contribution in [0.5, 0.6) is 0 Å². The number of hydrogen-bond acceptors (Lipinski definition) is 19. The summed E-state index contributed by atoms with van der Waals surface area (Å²) in [6.07, 6.45) is -20.0. The monoisotopic (exact) mass is 981 g/mol. The third-order valence-corrected chi connectivity index (χ3v) is 18.7. The molecule has 20 heteroatoms. The van der Waals surface area contributed by atoms with Crippen LogP contribution < -0.4 is 0 Å². The summed E-state index contributed by atoms with van der Waals surface area (Å²) in [7, 11) is 0. The molecule has 19 nitrogen and oxygen atoms in total. The Balaban J connectivity index is 1.10. The molecular weight excluding hydrogens is 900 g/mol. The number of rotatable bonds is 15. The number of aliphatic hydroxyl groups excluding tert-OH is 11. The molecule has 3 aliphatic heterocycles. The molecule has 0 aromatic rings. The van der Waals surface area contributed by atoms with Crippen LogP contribution in [-0.2, 0) is 33.4 Å². The fourth-order valence-electron chi connectivity index (χ4n) is 14.1. The Kier molecular flexibility index (Phi) is 16.3. The molecule has 0 spiro atoms. The van der Waals surface area contributed by atoms with E-state index in [4.69, 9.17) is 28.4 Å². The van der Waals surface area contributed by atoms with Crippen molar-refractivity contribution in [2.75, 3.05) is 19.8 Å². The molecule has 3 saturated heterocycles. The van der Waals surface area contributed by atoms with Gasteiger partial charge in [-0.25, -0.2) is 0 Å². The second kappa shape index (κ2) is 20.3. The van der Waals surface area contributed by atoms with Crippen molar-refractivity contribution in [3.63, 3.8) is 0 Å². The van der Waals surface area contributed by atoms with Crippen LogP contribution in [0, 0.1) is 45.3 Å². The molecule has 7 aliphatic rings. The summed E-state index contributed by atoms with van der Waals surface area (Å²) in [6, 6.07) is 0. The van der Waals surface area contributed by atoms with Crippen molar-refractivity contribution in [3.05, 3.63) is 11.6 Å². The first-order valence-electron chi connectivity index (χ1n) is 24.7. The second-order valence-corrected chi connectivity index (χ2v) is 23.2. The number of fused-ring (bicyclic) bond motifs is 5. The quantitative estimate of drug-likeness (QED) is 0.0950. The average Bonchev–Trinajstić information content (AvgIpc) is 3.55. The van der Waals surface area contributed by atoms with Crippen molar-refractivity contribution in [2.24, 2.45) is 45.3 Å². The van der Waals surface area contributed by atoms with Gasteiger partial charge in [0, 0.05) is 10.8 Å². The predicted molar refractivity (Wildman–Crippen MR) is 235 cm³/mol. The van der Waals surface area contributed by atoms with Gasteiger partial charge in [0.15, 0.2) is 18.9 Å².